The first-order chi connectivity index (χ1) is 11.4. The molecule has 0 spiro atoms. The van der Waals surface area contributed by atoms with Gasteiger partial charge in [-0.2, -0.15) is 4.40 Å². The van der Waals surface area contributed by atoms with E-state index in [2.05, 4.69) is 9.38 Å². The zero-order valence-electron chi connectivity index (χ0n) is 12.2. The van der Waals surface area contributed by atoms with Crippen molar-refractivity contribution < 1.29 is 4.74 Å². The summed E-state index contributed by atoms with van der Waals surface area (Å²) < 4.78 is 10.3. The second kappa shape index (κ2) is 6.14. The number of aromatic nitrogens is 1. The third-order valence-corrected chi connectivity index (χ3v) is 3.93. The molecule has 4 nitrogen and oxygen atoms in total. The van der Waals surface area contributed by atoms with E-state index in [1.165, 1.54) is 11.9 Å². The minimum Gasteiger partial charge on any atom is -0.456 e. The van der Waals surface area contributed by atoms with Gasteiger partial charge in [0.05, 0.1) is 11.9 Å². The van der Waals surface area contributed by atoms with E-state index in [0.717, 1.165) is 22.9 Å². The first kappa shape index (κ1) is 13.8. The van der Waals surface area contributed by atoms with Crippen molar-refractivity contribution in [1.29, 1.82) is 0 Å². The molecule has 0 fully saturated rings. The zero-order valence-corrected chi connectivity index (χ0v) is 13.0. The highest BCUT2D eigenvalue weighted by Gasteiger charge is 2.19. The largest absolute Gasteiger partial charge is 0.456 e. The number of hydrogen-bond acceptors (Lipinski definition) is 5. The molecule has 0 saturated heterocycles. The Hall–Kier alpha value is -2.79. The van der Waals surface area contributed by atoms with Crippen LogP contribution in [0.5, 0.6) is 11.5 Å². The van der Waals surface area contributed by atoms with Crippen LogP contribution in [0.3, 0.4) is 0 Å². The van der Waals surface area contributed by atoms with Crippen molar-refractivity contribution in [3.8, 4) is 11.5 Å². The number of nitrogens with zero attached hydrogens (tertiary/aromatic N) is 3. The zero-order chi connectivity index (χ0) is 15.5. The Balaban J connectivity index is 1.58. The number of benzene rings is 1. The molecule has 4 rings (SSSR count). The van der Waals surface area contributed by atoms with Crippen LogP contribution in [0.4, 0.5) is 0 Å². The van der Waals surface area contributed by atoms with Gasteiger partial charge in [0.25, 0.3) is 0 Å². The van der Waals surface area contributed by atoms with Crippen molar-refractivity contribution in [3.05, 3.63) is 84.3 Å². The molecule has 0 amide bonds. The van der Waals surface area contributed by atoms with Crippen LogP contribution in [0.25, 0.3) is 5.57 Å². The normalized spacial score (nSPS) is 15.7. The number of hydrogen-bond donors (Lipinski definition) is 0. The molecule has 5 heteroatoms. The molecule has 1 aromatic carbocycles. The van der Waals surface area contributed by atoms with Gasteiger partial charge in [0.1, 0.15) is 11.5 Å². The highest BCUT2D eigenvalue weighted by atomic mass is 32.2. The minimum atomic E-state index is 0.712. The fourth-order valence-corrected chi connectivity index (χ4v) is 2.87. The quantitative estimate of drug-likeness (QED) is 0.774. The van der Waals surface area contributed by atoms with Crippen molar-refractivity contribution >= 4 is 23.4 Å². The summed E-state index contributed by atoms with van der Waals surface area (Å²) in [6.07, 6.45) is 9.72. The molecule has 0 saturated carbocycles. The van der Waals surface area contributed by atoms with Gasteiger partial charge in [-0.15, -0.1) is 0 Å². The van der Waals surface area contributed by atoms with Crippen LogP contribution in [0, 0.1) is 0 Å². The third kappa shape index (κ3) is 2.91. The van der Waals surface area contributed by atoms with E-state index in [-0.39, 0.29) is 0 Å². The number of rotatable bonds is 3. The molecule has 1 aromatic heterocycles. The molecule has 3 heterocycles. The average Bonchev–Trinajstić information content (AvgIpc) is 2.63. The molecule has 0 aliphatic carbocycles. The van der Waals surface area contributed by atoms with E-state index in [1.54, 1.807) is 6.20 Å². The Bertz CT molecular complexity index is 823. The summed E-state index contributed by atoms with van der Waals surface area (Å²) in [5.74, 6) is 2.40. The van der Waals surface area contributed by atoms with Crippen LogP contribution in [0.1, 0.15) is 5.69 Å². The number of para-hydroxylation sites is 1. The Morgan fingerprint density at radius 1 is 0.957 bits per heavy atom. The van der Waals surface area contributed by atoms with Crippen molar-refractivity contribution in [3.63, 3.8) is 0 Å². The lowest BCUT2D eigenvalue weighted by molar-refractivity contribution is 0.480. The molecule has 0 radical (unpaired) electrons. The van der Waals surface area contributed by atoms with Crippen LogP contribution in [-0.4, -0.2) is 15.7 Å². The first-order valence-electron chi connectivity index (χ1n) is 7.17. The van der Waals surface area contributed by atoms with E-state index < -0.39 is 0 Å². The second-order valence-corrected chi connectivity index (χ2v) is 5.59. The van der Waals surface area contributed by atoms with Crippen molar-refractivity contribution in [2.45, 2.75) is 0 Å². The van der Waals surface area contributed by atoms with Crippen molar-refractivity contribution in [2.75, 3.05) is 0 Å². The highest BCUT2D eigenvalue weighted by molar-refractivity contribution is 8.01. The summed E-state index contributed by atoms with van der Waals surface area (Å²) in [6, 6.07) is 13.5. The van der Waals surface area contributed by atoms with Gasteiger partial charge in [0.2, 0.25) is 0 Å². The Kier molecular flexibility index (Phi) is 3.70. The van der Waals surface area contributed by atoms with Gasteiger partial charge >= 0.3 is 0 Å². The molecule has 2 aliphatic rings. The third-order valence-electron chi connectivity index (χ3n) is 3.41. The lowest BCUT2D eigenvalue weighted by Gasteiger charge is -2.24. The maximum Gasteiger partial charge on any atom is 0.154 e. The van der Waals surface area contributed by atoms with Crippen LogP contribution in [-0.2, 0) is 0 Å². The standard InChI is InChI=1S/C18H13N3OS/c1-2-5-14(6-3-1)22-15-8-9-17(19-13-15)16-7-4-10-21-11-12-23-20-18(16)21/h1-13H. The molecule has 23 heavy (non-hydrogen) atoms. The molecule has 112 valence electrons. The summed E-state index contributed by atoms with van der Waals surface area (Å²) >= 11 is 1.42. The SMILES string of the molecule is C1=CN2C=CSN=C2C(c2ccc(Oc3ccccc3)cn2)=C1. The van der Waals surface area contributed by atoms with Gasteiger partial charge < -0.3 is 9.64 Å². The monoisotopic (exact) mass is 319 g/mol. The molecular formula is C18H13N3OS. The van der Waals surface area contributed by atoms with Crippen molar-refractivity contribution in [2.24, 2.45) is 4.40 Å². The summed E-state index contributed by atoms with van der Waals surface area (Å²) in [5, 5.41) is 1.95. The Morgan fingerprint density at radius 2 is 1.87 bits per heavy atom. The molecule has 2 aliphatic heterocycles. The minimum absolute atomic E-state index is 0.712. The van der Waals surface area contributed by atoms with Gasteiger partial charge in [-0.05, 0) is 36.4 Å². The summed E-state index contributed by atoms with van der Waals surface area (Å²) in [7, 11) is 0. The first-order valence-corrected chi connectivity index (χ1v) is 8.01. The van der Waals surface area contributed by atoms with Gasteiger partial charge in [-0.1, -0.05) is 18.2 Å². The summed E-state index contributed by atoms with van der Waals surface area (Å²) in [5.41, 5.74) is 1.87. The average molecular weight is 319 g/mol. The molecule has 0 bridgehead atoms. The lowest BCUT2D eigenvalue weighted by atomic mass is 10.1. The molecule has 0 unspecified atom stereocenters. The fourth-order valence-electron chi connectivity index (χ4n) is 2.33. The van der Waals surface area contributed by atoms with Gasteiger partial charge in [0.15, 0.2) is 5.84 Å². The number of amidine groups is 1. The highest BCUT2D eigenvalue weighted by Crippen LogP contribution is 2.28. The van der Waals surface area contributed by atoms with E-state index >= 15 is 0 Å². The molecule has 0 atom stereocenters. The van der Waals surface area contributed by atoms with E-state index in [9.17, 15) is 0 Å². The van der Waals surface area contributed by atoms with E-state index in [0.29, 0.717) is 5.75 Å². The fraction of sp³-hybridized carbons (Fsp3) is 0. The maximum absolute atomic E-state index is 5.78. The predicted octanol–water partition coefficient (Wildman–Crippen LogP) is 4.62. The Labute approximate surface area is 138 Å². The van der Waals surface area contributed by atoms with Crippen LogP contribution >= 0.6 is 11.9 Å². The van der Waals surface area contributed by atoms with Gasteiger partial charge in [-0.25, -0.2) is 0 Å². The number of fused-ring (bicyclic) bond motifs is 1. The molecule has 2 aromatic rings. The van der Waals surface area contributed by atoms with Gasteiger partial charge in [0, 0.05) is 35.3 Å². The van der Waals surface area contributed by atoms with Crippen LogP contribution in [0.15, 0.2) is 83.0 Å². The Morgan fingerprint density at radius 3 is 2.70 bits per heavy atom. The maximum atomic E-state index is 5.78. The smallest absolute Gasteiger partial charge is 0.154 e. The summed E-state index contributed by atoms with van der Waals surface area (Å²) in [6.45, 7) is 0. The molecule has 0 N–H and O–H groups in total. The lowest BCUT2D eigenvalue weighted by Crippen LogP contribution is -2.24. The second-order valence-electron chi connectivity index (χ2n) is 4.93. The predicted molar refractivity (Wildman–Crippen MR) is 93.9 cm³/mol. The summed E-state index contributed by atoms with van der Waals surface area (Å²) in [4.78, 5) is 6.51. The topological polar surface area (TPSA) is 37.7 Å². The van der Waals surface area contributed by atoms with Crippen LogP contribution in [0.2, 0.25) is 0 Å². The number of pyridine rings is 1. The molecular weight excluding hydrogens is 306 g/mol. The van der Waals surface area contributed by atoms with E-state index in [1.807, 2.05) is 77.3 Å². The van der Waals surface area contributed by atoms with Gasteiger partial charge in [-0.3, -0.25) is 4.98 Å². The number of ether oxygens (including phenoxy) is 1. The van der Waals surface area contributed by atoms with Crippen LogP contribution < -0.4 is 4.74 Å². The van der Waals surface area contributed by atoms with E-state index in [4.69, 9.17) is 4.74 Å². The van der Waals surface area contributed by atoms with Crippen molar-refractivity contribution in [1.82, 2.24) is 9.88 Å². The number of allylic oxidation sites excluding steroid dienone is 2.